The molecule has 14 heteroatoms. The fourth-order valence-corrected chi connectivity index (χ4v) is 9.83. The highest BCUT2D eigenvalue weighted by molar-refractivity contribution is 5.76. The van der Waals surface area contributed by atoms with Crippen LogP contribution >= 0.6 is 0 Å². The van der Waals surface area contributed by atoms with E-state index < -0.39 is 86.8 Å². The van der Waals surface area contributed by atoms with Gasteiger partial charge in [-0.25, -0.2) is 0 Å². The van der Waals surface area contributed by atoms with Gasteiger partial charge in [0.1, 0.15) is 48.8 Å². The number of aliphatic hydroxyl groups is 8. The van der Waals surface area contributed by atoms with Crippen LogP contribution in [-0.4, -0.2) is 140 Å². The molecule has 0 aromatic carbocycles. The first-order chi connectivity index (χ1) is 36.6. The van der Waals surface area contributed by atoms with Crippen molar-refractivity contribution in [3.05, 3.63) is 48.6 Å². The van der Waals surface area contributed by atoms with Crippen LogP contribution in [0.4, 0.5) is 0 Å². The molecular formula is C61H111NO13. The van der Waals surface area contributed by atoms with E-state index in [0.29, 0.717) is 6.42 Å². The molecule has 2 fully saturated rings. The minimum atomic E-state index is -1.79. The van der Waals surface area contributed by atoms with Crippen LogP contribution in [0.5, 0.6) is 0 Å². The molecule has 0 aliphatic carbocycles. The molecule has 12 atom stereocenters. The van der Waals surface area contributed by atoms with Crippen molar-refractivity contribution in [3.8, 4) is 0 Å². The third-order valence-electron chi connectivity index (χ3n) is 14.8. The predicted molar refractivity (Wildman–Crippen MR) is 300 cm³/mol. The molecule has 75 heavy (non-hydrogen) atoms. The topological polar surface area (TPSA) is 228 Å². The van der Waals surface area contributed by atoms with E-state index in [-0.39, 0.29) is 18.9 Å². The van der Waals surface area contributed by atoms with Crippen molar-refractivity contribution in [3.63, 3.8) is 0 Å². The molecule has 0 saturated carbocycles. The molecule has 2 saturated heterocycles. The number of hydrogen-bond acceptors (Lipinski definition) is 13. The fourth-order valence-electron chi connectivity index (χ4n) is 9.83. The highest BCUT2D eigenvalue weighted by Gasteiger charge is 2.51. The zero-order valence-electron chi connectivity index (χ0n) is 47.0. The molecule has 14 nitrogen and oxygen atoms in total. The van der Waals surface area contributed by atoms with Crippen LogP contribution in [0.15, 0.2) is 48.6 Å². The molecule has 0 spiro atoms. The van der Waals surface area contributed by atoms with E-state index in [9.17, 15) is 45.6 Å². The Morgan fingerprint density at radius 2 is 0.880 bits per heavy atom. The minimum Gasteiger partial charge on any atom is -0.394 e. The molecule has 0 aromatic heterocycles. The van der Waals surface area contributed by atoms with Gasteiger partial charge in [-0.15, -0.1) is 0 Å². The number of amides is 1. The molecule has 0 aromatic rings. The van der Waals surface area contributed by atoms with E-state index in [4.69, 9.17) is 18.9 Å². The molecule has 9 N–H and O–H groups in total. The van der Waals surface area contributed by atoms with Crippen molar-refractivity contribution in [2.75, 3.05) is 19.8 Å². The van der Waals surface area contributed by atoms with Crippen molar-refractivity contribution in [1.82, 2.24) is 5.32 Å². The van der Waals surface area contributed by atoms with Gasteiger partial charge in [0.25, 0.3) is 0 Å². The molecule has 1 amide bonds. The van der Waals surface area contributed by atoms with E-state index in [2.05, 4.69) is 55.6 Å². The van der Waals surface area contributed by atoms with Crippen LogP contribution in [0.3, 0.4) is 0 Å². The Bertz CT molecular complexity index is 1440. The van der Waals surface area contributed by atoms with Gasteiger partial charge in [0.05, 0.1) is 32.0 Å². The Morgan fingerprint density at radius 1 is 0.480 bits per heavy atom. The third kappa shape index (κ3) is 32.6. The van der Waals surface area contributed by atoms with Crippen LogP contribution in [0.1, 0.15) is 239 Å². The Labute approximate surface area is 454 Å². The van der Waals surface area contributed by atoms with Gasteiger partial charge in [0.15, 0.2) is 12.6 Å². The zero-order chi connectivity index (χ0) is 54.6. The average molecular weight is 1070 g/mol. The summed E-state index contributed by atoms with van der Waals surface area (Å²) in [4.78, 5) is 13.2. The van der Waals surface area contributed by atoms with E-state index in [1.54, 1.807) is 6.08 Å². The highest BCUT2D eigenvalue weighted by Crippen LogP contribution is 2.30. The highest BCUT2D eigenvalue weighted by atomic mass is 16.7. The van der Waals surface area contributed by atoms with Gasteiger partial charge in [-0.1, -0.05) is 223 Å². The standard InChI is InChI=1S/C61H111NO13/c1-3-5-7-9-11-13-15-17-18-19-20-21-22-23-24-25-26-27-28-29-30-31-32-33-35-37-39-41-43-45-53(66)62-49(50(65)44-42-40-38-36-34-16-14-12-10-8-6-4-2)48-72-60-58(71)56(69)59(52(47-64)74-60)75-61-57(70)55(68)54(67)51(46-63)73-61/h15,17,19-20,22-23,42,44,49-52,54-61,63-65,67-71H,3-14,16,18,21,24-41,43,45-48H2,1-2H3,(H,62,66)/b17-15-,20-19-,23-22-,44-42+. The van der Waals surface area contributed by atoms with Crippen molar-refractivity contribution in [1.29, 1.82) is 0 Å². The first-order valence-corrected chi connectivity index (χ1v) is 30.4. The normalized spacial score (nSPS) is 25.4. The van der Waals surface area contributed by atoms with Crippen LogP contribution < -0.4 is 5.32 Å². The molecule has 0 bridgehead atoms. The fraction of sp³-hybridized carbons (Fsp3) is 0.852. The monoisotopic (exact) mass is 1070 g/mol. The third-order valence-corrected chi connectivity index (χ3v) is 14.8. The summed E-state index contributed by atoms with van der Waals surface area (Å²) in [6.45, 7) is 2.78. The molecule has 2 rings (SSSR count). The number of hydrogen-bond donors (Lipinski definition) is 9. The van der Waals surface area contributed by atoms with Gasteiger partial charge in [-0.05, 0) is 57.8 Å². The maximum Gasteiger partial charge on any atom is 0.220 e. The maximum atomic E-state index is 13.2. The minimum absolute atomic E-state index is 0.241. The average Bonchev–Trinajstić information content (AvgIpc) is 3.41. The quantitative estimate of drug-likeness (QED) is 0.0204. The van der Waals surface area contributed by atoms with Crippen LogP contribution in [0.2, 0.25) is 0 Å². The Balaban J connectivity index is 1.68. The summed E-state index contributed by atoms with van der Waals surface area (Å²) in [5.74, 6) is -0.241. The molecule has 2 aliphatic rings. The van der Waals surface area contributed by atoms with E-state index in [1.165, 1.54) is 161 Å². The Morgan fingerprint density at radius 3 is 1.35 bits per heavy atom. The number of ether oxygens (including phenoxy) is 4. The van der Waals surface area contributed by atoms with Crippen molar-refractivity contribution in [2.24, 2.45) is 0 Å². The van der Waals surface area contributed by atoms with Crippen LogP contribution in [0, 0.1) is 0 Å². The number of carbonyl (C=O) groups excluding carboxylic acids is 1. The first kappa shape index (κ1) is 69.1. The Kier molecular flexibility index (Phi) is 43.1. The van der Waals surface area contributed by atoms with Gasteiger partial charge in [-0.2, -0.15) is 0 Å². The van der Waals surface area contributed by atoms with Gasteiger partial charge >= 0.3 is 0 Å². The van der Waals surface area contributed by atoms with Gasteiger partial charge in [0, 0.05) is 6.42 Å². The number of aliphatic hydroxyl groups excluding tert-OH is 8. The number of allylic oxidation sites excluding steroid dienone is 7. The van der Waals surface area contributed by atoms with E-state index in [1.807, 2.05) is 6.08 Å². The summed E-state index contributed by atoms with van der Waals surface area (Å²) in [5.41, 5.74) is 0. The summed E-state index contributed by atoms with van der Waals surface area (Å²) < 4.78 is 22.7. The first-order valence-electron chi connectivity index (χ1n) is 30.4. The summed E-state index contributed by atoms with van der Waals surface area (Å²) in [7, 11) is 0. The second-order valence-corrected chi connectivity index (χ2v) is 21.5. The molecular weight excluding hydrogens is 955 g/mol. The number of nitrogens with one attached hydrogen (secondary N) is 1. The van der Waals surface area contributed by atoms with Gasteiger partial charge in [0.2, 0.25) is 5.91 Å². The van der Waals surface area contributed by atoms with E-state index in [0.717, 1.165) is 51.4 Å². The molecule has 12 unspecified atom stereocenters. The smallest absolute Gasteiger partial charge is 0.220 e. The lowest BCUT2D eigenvalue weighted by Gasteiger charge is -2.46. The van der Waals surface area contributed by atoms with Crippen molar-refractivity contribution in [2.45, 2.75) is 312 Å². The SMILES string of the molecule is CCCCCCC/C=C\C/C=C\C/C=C\CCCCCCCCCCCCCCCCC(=O)NC(COC1OC(CO)C(OC2OC(CO)C(O)C(O)C2O)C(O)C1O)C(O)/C=C/CCCCCCCCCCCC. The summed E-state index contributed by atoms with van der Waals surface area (Å²) >= 11 is 0. The number of unbranched alkanes of at least 4 members (excludes halogenated alkanes) is 29. The maximum absolute atomic E-state index is 13.2. The van der Waals surface area contributed by atoms with Gasteiger partial charge in [-0.3, -0.25) is 4.79 Å². The molecule has 2 aliphatic heterocycles. The number of carbonyl (C=O) groups is 1. The summed E-state index contributed by atoms with van der Waals surface area (Å²) in [6, 6.07) is -0.914. The van der Waals surface area contributed by atoms with Crippen molar-refractivity contribution >= 4 is 5.91 Å². The largest absolute Gasteiger partial charge is 0.394 e. The lowest BCUT2D eigenvalue weighted by atomic mass is 9.97. The summed E-state index contributed by atoms with van der Waals surface area (Å²) in [6.07, 6.45) is 41.6. The number of rotatable bonds is 48. The molecule has 2 heterocycles. The summed E-state index contributed by atoms with van der Waals surface area (Å²) in [5, 5.41) is 87.0. The van der Waals surface area contributed by atoms with E-state index >= 15 is 0 Å². The molecule has 0 radical (unpaired) electrons. The second-order valence-electron chi connectivity index (χ2n) is 21.5. The second kappa shape index (κ2) is 46.8. The lowest BCUT2D eigenvalue weighted by Crippen LogP contribution is -2.65. The van der Waals surface area contributed by atoms with Crippen LogP contribution in [-0.2, 0) is 23.7 Å². The zero-order valence-corrected chi connectivity index (χ0v) is 47.0. The lowest BCUT2D eigenvalue weighted by molar-refractivity contribution is -0.359. The predicted octanol–water partition coefficient (Wildman–Crippen LogP) is 10.4. The molecule has 438 valence electrons. The Hall–Kier alpha value is -2.05. The van der Waals surface area contributed by atoms with Crippen LogP contribution in [0.25, 0.3) is 0 Å². The van der Waals surface area contributed by atoms with Crippen molar-refractivity contribution < 1.29 is 64.6 Å². The van der Waals surface area contributed by atoms with Gasteiger partial charge < -0.3 is 65.1 Å².